The SMILES string of the molecule is COC1(C)CC(O)(c2cc3cnc(-c4cnc5c(c4)nnn5C)nc3s2)C1. The number of methoxy groups -OCH3 is 1. The fraction of sp³-hybridized carbons (Fsp3) is 0.389. The molecule has 9 heteroatoms. The molecule has 0 saturated heterocycles. The van der Waals surface area contributed by atoms with E-state index in [-0.39, 0.29) is 5.60 Å². The van der Waals surface area contributed by atoms with Crippen LogP contribution in [0.15, 0.2) is 24.5 Å². The monoisotopic (exact) mass is 382 g/mol. The molecule has 27 heavy (non-hydrogen) atoms. The number of pyridine rings is 1. The number of hydrogen-bond donors (Lipinski definition) is 1. The molecule has 0 radical (unpaired) electrons. The van der Waals surface area contributed by atoms with Gasteiger partial charge in [0.2, 0.25) is 0 Å². The lowest BCUT2D eigenvalue weighted by Crippen LogP contribution is -2.53. The summed E-state index contributed by atoms with van der Waals surface area (Å²) >= 11 is 1.50. The van der Waals surface area contributed by atoms with E-state index in [1.807, 2.05) is 19.1 Å². The Bertz CT molecular complexity index is 1180. The highest BCUT2D eigenvalue weighted by Crippen LogP contribution is 2.52. The lowest BCUT2D eigenvalue weighted by atomic mass is 9.67. The number of aryl methyl sites for hydroxylation is 1. The van der Waals surface area contributed by atoms with Gasteiger partial charge in [0.15, 0.2) is 11.5 Å². The first kappa shape index (κ1) is 16.7. The number of thiophene rings is 1. The van der Waals surface area contributed by atoms with E-state index in [1.54, 1.807) is 31.2 Å². The van der Waals surface area contributed by atoms with Crippen LogP contribution < -0.4 is 0 Å². The van der Waals surface area contributed by atoms with Crippen LogP contribution in [-0.2, 0) is 17.4 Å². The van der Waals surface area contributed by atoms with Crippen LogP contribution in [0.5, 0.6) is 0 Å². The largest absolute Gasteiger partial charge is 0.384 e. The molecule has 4 aromatic heterocycles. The van der Waals surface area contributed by atoms with Crippen molar-refractivity contribution in [3.05, 3.63) is 29.4 Å². The van der Waals surface area contributed by atoms with Gasteiger partial charge in [0.1, 0.15) is 15.9 Å². The summed E-state index contributed by atoms with van der Waals surface area (Å²) in [5.74, 6) is 0.582. The number of ether oxygens (including phenoxy) is 1. The predicted octanol–water partition coefficient (Wildman–Crippen LogP) is 2.42. The fourth-order valence-electron chi connectivity index (χ4n) is 3.75. The van der Waals surface area contributed by atoms with E-state index in [2.05, 4.69) is 25.3 Å². The second-order valence-electron chi connectivity index (χ2n) is 7.38. The molecular weight excluding hydrogens is 364 g/mol. The molecule has 138 valence electrons. The van der Waals surface area contributed by atoms with E-state index in [9.17, 15) is 5.11 Å². The van der Waals surface area contributed by atoms with Crippen molar-refractivity contribution in [3.63, 3.8) is 0 Å². The van der Waals surface area contributed by atoms with Crippen molar-refractivity contribution in [1.82, 2.24) is 29.9 Å². The third-order valence-electron chi connectivity index (χ3n) is 5.26. The summed E-state index contributed by atoms with van der Waals surface area (Å²) in [7, 11) is 3.49. The highest BCUT2D eigenvalue weighted by molar-refractivity contribution is 7.18. The van der Waals surface area contributed by atoms with Gasteiger partial charge in [-0.2, -0.15) is 0 Å². The molecule has 0 amide bonds. The zero-order valence-corrected chi connectivity index (χ0v) is 16.0. The molecule has 1 fully saturated rings. The normalized spacial score (nSPS) is 25.2. The van der Waals surface area contributed by atoms with Crippen molar-refractivity contribution in [3.8, 4) is 11.4 Å². The van der Waals surface area contributed by atoms with Crippen LogP contribution in [0.4, 0.5) is 0 Å². The van der Waals surface area contributed by atoms with Crippen LogP contribution in [-0.4, -0.2) is 47.8 Å². The van der Waals surface area contributed by atoms with Crippen molar-refractivity contribution in [2.24, 2.45) is 7.05 Å². The molecule has 4 aromatic rings. The molecule has 1 aliphatic carbocycles. The Hall–Kier alpha value is -2.49. The molecule has 1 saturated carbocycles. The van der Waals surface area contributed by atoms with E-state index < -0.39 is 5.60 Å². The molecule has 0 bridgehead atoms. The topological polar surface area (TPSA) is 98.8 Å². The molecule has 1 N–H and O–H groups in total. The maximum absolute atomic E-state index is 10.9. The quantitative estimate of drug-likeness (QED) is 0.581. The predicted molar refractivity (Wildman–Crippen MR) is 101 cm³/mol. The second-order valence-corrected chi connectivity index (χ2v) is 8.41. The van der Waals surface area contributed by atoms with Crippen molar-refractivity contribution < 1.29 is 9.84 Å². The van der Waals surface area contributed by atoms with Gasteiger partial charge in [-0.15, -0.1) is 16.4 Å². The van der Waals surface area contributed by atoms with E-state index in [0.29, 0.717) is 29.8 Å². The number of hydrogen-bond acceptors (Lipinski definition) is 8. The van der Waals surface area contributed by atoms with Crippen molar-refractivity contribution in [2.75, 3.05) is 7.11 Å². The van der Waals surface area contributed by atoms with Gasteiger partial charge in [0.05, 0.1) is 5.60 Å². The Morgan fingerprint density at radius 3 is 2.81 bits per heavy atom. The van der Waals surface area contributed by atoms with Crippen LogP contribution in [0.25, 0.3) is 32.8 Å². The lowest BCUT2D eigenvalue weighted by molar-refractivity contribution is -0.189. The number of aromatic nitrogens is 6. The van der Waals surface area contributed by atoms with E-state index in [1.165, 1.54) is 11.3 Å². The summed E-state index contributed by atoms with van der Waals surface area (Å²) < 4.78 is 7.10. The van der Waals surface area contributed by atoms with Gasteiger partial charge in [0.25, 0.3) is 0 Å². The van der Waals surface area contributed by atoms with Gasteiger partial charge in [-0.25, -0.2) is 19.6 Å². The second kappa shape index (κ2) is 5.51. The maximum atomic E-state index is 10.9. The van der Waals surface area contributed by atoms with E-state index in [0.717, 1.165) is 20.7 Å². The van der Waals surface area contributed by atoms with Gasteiger partial charge in [0, 0.05) is 55.2 Å². The van der Waals surface area contributed by atoms with Crippen LogP contribution in [0.2, 0.25) is 0 Å². The average molecular weight is 382 g/mol. The summed E-state index contributed by atoms with van der Waals surface area (Å²) in [4.78, 5) is 15.3. The Morgan fingerprint density at radius 1 is 1.22 bits per heavy atom. The zero-order chi connectivity index (χ0) is 18.8. The van der Waals surface area contributed by atoms with Crippen LogP contribution in [0.1, 0.15) is 24.6 Å². The maximum Gasteiger partial charge on any atom is 0.178 e. The number of fused-ring (bicyclic) bond motifs is 2. The summed E-state index contributed by atoms with van der Waals surface area (Å²) in [6, 6.07) is 3.86. The molecule has 1 aliphatic rings. The minimum atomic E-state index is -0.851. The summed E-state index contributed by atoms with van der Waals surface area (Å²) in [6.07, 6.45) is 4.68. The lowest BCUT2D eigenvalue weighted by Gasteiger charge is -2.50. The highest BCUT2D eigenvalue weighted by Gasteiger charge is 2.53. The molecule has 0 aromatic carbocycles. The minimum absolute atomic E-state index is 0.264. The molecule has 0 unspecified atom stereocenters. The van der Waals surface area contributed by atoms with Crippen molar-refractivity contribution in [1.29, 1.82) is 0 Å². The molecule has 4 heterocycles. The molecule has 5 rings (SSSR count). The van der Waals surface area contributed by atoms with Crippen LogP contribution in [0, 0.1) is 0 Å². The first-order valence-corrected chi connectivity index (χ1v) is 9.41. The number of aliphatic hydroxyl groups is 1. The summed E-state index contributed by atoms with van der Waals surface area (Å²) in [5, 5.41) is 19.9. The number of rotatable bonds is 3. The Kier molecular flexibility index (Phi) is 3.40. The van der Waals surface area contributed by atoms with E-state index >= 15 is 0 Å². The summed E-state index contributed by atoms with van der Waals surface area (Å²) in [6.45, 7) is 2.02. The Morgan fingerprint density at radius 2 is 2.04 bits per heavy atom. The first-order valence-electron chi connectivity index (χ1n) is 8.60. The smallest absolute Gasteiger partial charge is 0.178 e. The van der Waals surface area contributed by atoms with Crippen molar-refractivity contribution in [2.45, 2.75) is 31.0 Å². The van der Waals surface area contributed by atoms with Gasteiger partial charge in [-0.1, -0.05) is 5.21 Å². The van der Waals surface area contributed by atoms with Crippen molar-refractivity contribution >= 4 is 32.7 Å². The standard InChI is InChI=1S/C18H18N6O2S/c1-17(26-3)8-18(25,9-17)13-5-11-7-19-14(21-16(11)27-13)10-4-12-15(20-6-10)24(2)23-22-12/h4-7,25H,8-9H2,1-3H3. The van der Waals surface area contributed by atoms with Gasteiger partial charge < -0.3 is 9.84 Å². The highest BCUT2D eigenvalue weighted by atomic mass is 32.1. The average Bonchev–Trinajstić information content (AvgIpc) is 3.23. The van der Waals surface area contributed by atoms with Gasteiger partial charge in [-0.05, 0) is 19.1 Å². The zero-order valence-electron chi connectivity index (χ0n) is 15.2. The molecule has 0 spiro atoms. The van der Waals surface area contributed by atoms with Crippen LogP contribution >= 0.6 is 11.3 Å². The third-order valence-corrected chi connectivity index (χ3v) is 6.49. The first-order chi connectivity index (χ1) is 12.9. The molecule has 8 nitrogen and oxygen atoms in total. The Balaban J connectivity index is 1.52. The molecular formula is C18H18N6O2S. The fourth-order valence-corrected chi connectivity index (χ4v) is 4.84. The van der Waals surface area contributed by atoms with E-state index in [4.69, 9.17) is 4.74 Å². The van der Waals surface area contributed by atoms with Gasteiger partial charge >= 0.3 is 0 Å². The molecule has 0 atom stereocenters. The molecule has 0 aliphatic heterocycles. The Labute approximate surface area is 158 Å². The van der Waals surface area contributed by atoms with Gasteiger partial charge in [-0.3, -0.25) is 0 Å². The van der Waals surface area contributed by atoms with Crippen LogP contribution in [0.3, 0.4) is 0 Å². The number of nitrogens with zero attached hydrogens (tertiary/aromatic N) is 6. The minimum Gasteiger partial charge on any atom is -0.384 e. The summed E-state index contributed by atoms with van der Waals surface area (Å²) in [5.41, 5.74) is 1.09. The third kappa shape index (κ3) is 2.53.